The van der Waals surface area contributed by atoms with Crippen LogP contribution in [0, 0.1) is 0 Å². The maximum Gasteiger partial charge on any atom is 0.313 e. The van der Waals surface area contributed by atoms with Crippen molar-refractivity contribution in [3.05, 3.63) is 12.2 Å². The maximum atomic E-state index is 11.7. The molecule has 1 N–H and O–H groups in total. The van der Waals surface area contributed by atoms with Crippen molar-refractivity contribution in [3.8, 4) is 0 Å². The highest BCUT2D eigenvalue weighted by atomic mass is 16.6. The number of aliphatic carboxylic acids is 1. The van der Waals surface area contributed by atoms with Crippen molar-refractivity contribution in [1.82, 2.24) is 0 Å². The summed E-state index contributed by atoms with van der Waals surface area (Å²) in [6, 6.07) is 0. The Morgan fingerprint density at radius 1 is 0.439 bits per heavy atom. The molecule has 0 fully saturated rings. The van der Waals surface area contributed by atoms with E-state index in [1.54, 1.807) is 0 Å². The largest absolute Gasteiger partial charge is 0.481 e. The van der Waals surface area contributed by atoms with Crippen LogP contribution in [0.25, 0.3) is 0 Å². The van der Waals surface area contributed by atoms with Gasteiger partial charge in [-0.15, -0.1) is 0 Å². The van der Waals surface area contributed by atoms with Gasteiger partial charge in [-0.05, 0) is 44.9 Å². The summed E-state index contributed by atoms with van der Waals surface area (Å²) in [5.74, 6) is -1.36. The van der Waals surface area contributed by atoms with Crippen molar-refractivity contribution >= 4 is 17.9 Å². The SMILES string of the molecule is CCCCCCCC/C=C\CCCCCCCC(=O)OC(=O)CCCCCCC.CCCCCCCCCC(=O)O. The molecule has 0 unspecified atom stereocenters. The zero-order chi connectivity index (χ0) is 30.7. The van der Waals surface area contributed by atoms with E-state index in [0.29, 0.717) is 19.3 Å². The van der Waals surface area contributed by atoms with E-state index >= 15 is 0 Å². The van der Waals surface area contributed by atoms with Gasteiger partial charge in [0.05, 0.1) is 0 Å². The predicted octanol–water partition coefficient (Wildman–Crippen LogP) is 11.7. The van der Waals surface area contributed by atoms with Gasteiger partial charge in [-0.1, -0.05) is 148 Å². The first-order valence-corrected chi connectivity index (χ1v) is 17.6. The topological polar surface area (TPSA) is 80.7 Å². The molecule has 0 aliphatic heterocycles. The van der Waals surface area contributed by atoms with Crippen molar-refractivity contribution in [2.24, 2.45) is 0 Å². The minimum Gasteiger partial charge on any atom is -0.481 e. The van der Waals surface area contributed by atoms with Crippen molar-refractivity contribution in [2.75, 3.05) is 0 Å². The van der Waals surface area contributed by atoms with Gasteiger partial charge >= 0.3 is 17.9 Å². The van der Waals surface area contributed by atoms with Gasteiger partial charge in [0.2, 0.25) is 0 Å². The lowest BCUT2D eigenvalue weighted by Gasteiger charge is -2.03. The number of hydrogen-bond donors (Lipinski definition) is 1. The Balaban J connectivity index is 0. The number of ether oxygens (including phenoxy) is 1. The summed E-state index contributed by atoms with van der Waals surface area (Å²) in [4.78, 5) is 33.4. The first-order chi connectivity index (χ1) is 20.0. The Kier molecular flexibility index (Phi) is 36.8. The second kappa shape index (κ2) is 36.4. The Hall–Kier alpha value is -1.65. The van der Waals surface area contributed by atoms with Gasteiger partial charge in [0, 0.05) is 19.3 Å². The molecule has 0 saturated carbocycles. The molecule has 0 saturated heterocycles. The van der Waals surface area contributed by atoms with E-state index in [-0.39, 0.29) is 11.9 Å². The first-order valence-electron chi connectivity index (χ1n) is 17.6. The number of allylic oxidation sites excluding steroid dienone is 2. The fraction of sp³-hybridized carbons (Fsp3) is 0.861. The van der Waals surface area contributed by atoms with Crippen molar-refractivity contribution in [3.63, 3.8) is 0 Å². The van der Waals surface area contributed by atoms with E-state index in [1.807, 2.05) is 0 Å². The van der Waals surface area contributed by atoms with E-state index in [0.717, 1.165) is 51.4 Å². The Morgan fingerprint density at radius 3 is 1.07 bits per heavy atom. The number of hydrogen-bond acceptors (Lipinski definition) is 4. The molecule has 5 heteroatoms. The summed E-state index contributed by atoms with van der Waals surface area (Å²) in [7, 11) is 0. The number of carbonyl (C=O) groups is 3. The van der Waals surface area contributed by atoms with Crippen LogP contribution in [0.5, 0.6) is 0 Å². The van der Waals surface area contributed by atoms with Crippen LogP contribution in [0.1, 0.15) is 201 Å². The number of esters is 2. The second-order valence-corrected chi connectivity index (χ2v) is 11.6. The summed E-state index contributed by atoms with van der Waals surface area (Å²) >= 11 is 0. The van der Waals surface area contributed by atoms with Crippen LogP contribution in [0.2, 0.25) is 0 Å². The van der Waals surface area contributed by atoms with E-state index in [4.69, 9.17) is 9.84 Å². The molecule has 0 radical (unpaired) electrons. The van der Waals surface area contributed by atoms with Gasteiger partial charge in [0.25, 0.3) is 0 Å². The van der Waals surface area contributed by atoms with Gasteiger partial charge in [-0.25, -0.2) is 0 Å². The lowest BCUT2D eigenvalue weighted by Crippen LogP contribution is -2.11. The van der Waals surface area contributed by atoms with Crippen LogP contribution >= 0.6 is 0 Å². The van der Waals surface area contributed by atoms with E-state index in [2.05, 4.69) is 32.9 Å². The molecule has 0 amide bonds. The fourth-order valence-corrected chi connectivity index (χ4v) is 4.68. The fourth-order valence-electron chi connectivity index (χ4n) is 4.68. The number of carboxylic acid groups (broad SMARTS) is 1. The monoisotopic (exact) mass is 581 g/mol. The molecule has 0 aliphatic carbocycles. The van der Waals surface area contributed by atoms with Crippen LogP contribution in [0.15, 0.2) is 12.2 Å². The minimum absolute atomic E-state index is 0.341. The molecular formula is C36H68O5. The molecule has 242 valence electrons. The van der Waals surface area contributed by atoms with Gasteiger partial charge in [-0.3, -0.25) is 14.4 Å². The van der Waals surface area contributed by atoms with Crippen LogP contribution in [-0.4, -0.2) is 23.0 Å². The first kappa shape index (κ1) is 41.5. The standard InChI is InChI=1S/C26H48O3.C10H20O2/c1-3-5-7-9-10-11-12-13-14-15-16-17-18-20-22-24-26(28)29-25(27)23-21-19-8-6-4-2;1-2-3-4-5-6-7-8-9-10(11)12/h13-14H,3-12,15-24H2,1-2H3;2-9H2,1H3,(H,11,12)/b14-13-;. The lowest BCUT2D eigenvalue weighted by molar-refractivity contribution is -0.159. The second-order valence-electron chi connectivity index (χ2n) is 11.6. The lowest BCUT2D eigenvalue weighted by atomic mass is 10.1. The van der Waals surface area contributed by atoms with E-state index in [9.17, 15) is 14.4 Å². The number of carbonyl (C=O) groups excluding carboxylic acids is 2. The van der Waals surface area contributed by atoms with Gasteiger partial charge < -0.3 is 9.84 Å². The van der Waals surface area contributed by atoms with Crippen LogP contribution in [-0.2, 0) is 19.1 Å². The maximum absolute atomic E-state index is 11.7. The molecule has 0 spiro atoms. The number of rotatable bonds is 29. The number of carboxylic acids is 1. The normalized spacial score (nSPS) is 10.9. The molecule has 0 atom stereocenters. The quantitative estimate of drug-likeness (QED) is 0.0412. The molecule has 0 aromatic rings. The van der Waals surface area contributed by atoms with Crippen molar-refractivity contribution in [2.45, 2.75) is 201 Å². The van der Waals surface area contributed by atoms with E-state index < -0.39 is 5.97 Å². The molecule has 0 aromatic heterocycles. The molecule has 0 aromatic carbocycles. The molecule has 0 bridgehead atoms. The third kappa shape index (κ3) is 40.6. The highest BCUT2D eigenvalue weighted by Crippen LogP contribution is 2.11. The van der Waals surface area contributed by atoms with Gasteiger partial charge in [-0.2, -0.15) is 0 Å². The average molecular weight is 581 g/mol. The summed E-state index contributed by atoms with van der Waals surface area (Å²) in [5.41, 5.74) is 0. The van der Waals surface area contributed by atoms with Gasteiger partial charge in [0.15, 0.2) is 0 Å². The zero-order valence-electron chi connectivity index (χ0n) is 27.5. The third-order valence-electron chi connectivity index (χ3n) is 7.35. The summed E-state index contributed by atoms with van der Waals surface area (Å²) in [5, 5.41) is 8.35. The Bertz CT molecular complexity index is 599. The molecular weight excluding hydrogens is 512 g/mol. The third-order valence-corrected chi connectivity index (χ3v) is 7.35. The van der Waals surface area contributed by atoms with Crippen molar-refractivity contribution < 1.29 is 24.2 Å². The Labute approximate surface area is 254 Å². The molecule has 5 nitrogen and oxygen atoms in total. The number of unbranched alkanes of at least 4 members (excludes halogenated alkanes) is 21. The molecule has 0 rings (SSSR count). The van der Waals surface area contributed by atoms with Gasteiger partial charge in [0.1, 0.15) is 0 Å². The van der Waals surface area contributed by atoms with E-state index in [1.165, 1.54) is 109 Å². The average Bonchev–Trinajstić information content (AvgIpc) is 2.94. The zero-order valence-corrected chi connectivity index (χ0v) is 27.5. The molecule has 0 aliphatic rings. The summed E-state index contributed by atoms with van der Waals surface area (Å²) in [6.07, 6.45) is 35.6. The summed E-state index contributed by atoms with van der Waals surface area (Å²) < 4.78 is 4.89. The smallest absolute Gasteiger partial charge is 0.313 e. The van der Waals surface area contributed by atoms with Crippen molar-refractivity contribution in [1.29, 1.82) is 0 Å². The van der Waals surface area contributed by atoms with Crippen LogP contribution < -0.4 is 0 Å². The van der Waals surface area contributed by atoms with Crippen LogP contribution in [0.4, 0.5) is 0 Å². The highest BCUT2D eigenvalue weighted by molar-refractivity contribution is 5.85. The molecule has 41 heavy (non-hydrogen) atoms. The summed E-state index contributed by atoms with van der Waals surface area (Å²) in [6.45, 7) is 6.63. The highest BCUT2D eigenvalue weighted by Gasteiger charge is 2.09. The Morgan fingerprint density at radius 2 is 0.732 bits per heavy atom. The minimum atomic E-state index is -0.663. The predicted molar refractivity (Wildman–Crippen MR) is 174 cm³/mol. The van der Waals surface area contributed by atoms with Crippen LogP contribution in [0.3, 0.4) is 0 Å². The molecule has 0 heterocycles.